The Morgan fingerprint density at radius 2 is 2.00 bits per heavy atom. The molecule has 0 aliphatic heterocycles. The molecule has 80 valence electrons. The highest BCUT2D eigenvalue weighted by molar-refractivity contribution is 7.80. The van der Waals surface area contributed by atoms with Crippen LogP contribution in [0.2, 0.25) is 0 Å². The minimum atomic E-state index is 0.912. The van der Waals surface area contributed by atoms with Gasteiger partial charge in [0, 0.05) is 5.70 Å². The summed E-state index contributed by atoms with van der Waals surface area (Å²) in [5.74, 6) is 0. The molecule has 0 atom stereocenters. The van der Waals surface area contributed by atoms with Crippen LogP contribution in [0.5, 0.6) is 0 Å². The van der Waals surface area contributed by atoms with Crippen molar-refractivity contribution in [2.45, 2.75) is 26.7 Å². The van der Waals surface area contributed by atoms with Gasteiger partial charge in [0.05, 0.1) is 4.99 Å². The summed E-state index contributed by atoms with van der Waals surface area (Å²) < 4.78 is 0. The lowest BCUT2D eigenvalue weighted by molar-refractivity contribution is 0.980. The van der Waals surface area contributed by atoms with Crippen LogP contribution in [-0.4, -0.2) is 4.99 Å². The molecule has 0 aliphatic carbocycles. The lowest BCUT2D eigenvalue weighted by Crippen LogP contribution is -2.19. The second-order valence-electron chi connectivity index (χ2n) is 3.37. The SMILES string of the molecule is C/C=C(\NC(=S)CCC)c1ccccc1. The molecule has 2 heteroatoms. The van der Waals surface area contributed by atoms with E-state index in [0.29, 0.717) is 0 Å². The van der Waals surface area contributed by atoms with Gasteiger partial charge in [-0.2, -0.15) is 0 Å². The van der Waals surface area contributed by atoms with Crippen molar-refractivity contribution in [1.29, 1.82) is 0 Å². The Morgan fingerprint density at radius 3 is 2.53 bits per heavy atom. The Labute approximate surface area is 97.2 Å². The van der Waals surface area contributed by atoms with E-state index in [0.717, 1.165) is 23.5 Å². The Balaban J connectivity index is 2.70. The third-order valence-corrected chi connectivity index (χ3v) is 2.43. The van der Waals surface area contributed by atoms with Crippen LogP contribution >= 0.6 is 12.2 Å². The van der Waals surface area contributed by atoms with Gasteiger partial charge in [0.15, 0.2) is 0 Å². The normalized spacial score (nSPS) is 11.2. The van der Waals surface area contributed by atoms with Crippen LogP contribution in [-0.2, 0) is 0 Å². The first kappa shape index (κ1) is 11.9. The van der Waals surface area contributed by atoms with Crippen molar-refractivity contribution in [3.63, 3.8) is 0 Å². The molecule has 0 radical (unpaired) electrons. The quantitative estimate of drug-likeness (QED) is 0.774. The topological polar surface area (TPSA) is 12.0 Å². The fraction of sp³-hybridized carbons (Fsp3) is 0.308. The van der Waals surface area contributed by atoms with Gasteiger partial charge >= 0.3 is 0 Å². The minimum absolute atomic E-state index is 0.912. The standard InChI is InChI=1S/C13H17NS/c1-3-8-13(15)14-12(4-2)11-9-6-5-7-10-11/h4-7,9-10H,3,8H2,1-2H3,(H,14,15)/b12-4-. The summed E-state index contributed by atoms with van der Waals surface area (Å²) in [6.45, 7) is 4.15. The Kier molecular flexibility index (Phi) is 5.05. The Morgan fingerprint density at radius 1 is 1.33 bits per heavy atom. The van der Waals surface area contributed by atoms with Crippen LogP contribution < -0.4 is 5.32 Å². The van der Waals surface area contributed by atoms with E-state index < -0.39 is 0 Å². The zero-order valence-electron chi connectivity index (χ0n) is 9.29. The van der Waals surface area contributed by atoms with Crippen molar-refractivity contribution in [3.8, 4) is 0 Å². The number of thiocarbonyl (C=S) groups is 1. The third kappa shape index (κ3) is 3.84. The van der Waals surface area contributed by atoms with Crippen LogP contribution in [0, 0.1) is 0 Å². The van der Waals surface area contributed by atoms with Gasteiger partial charge in [-0.05, 0) is 25.3 Å². The number of hydrogen-bond acceptors (Lipinski definition) is 1. The van der Waals surface area contributed by atoms with Gasteiger partial charge in [-0.15, -0.1) is 0 Å². The molecule has 0 unspecified atom stereocenters. The van der Waals surface area contributed by atoms with E-state index >= 15 is 0 Å². The molecular formula is C13H17NS. The van der Waals surface area contributed by atoms with Crippen LogP contribution in [0.3, 0.4) is 0 Å². The molecule has 1 rings (SSSR count). The first-order chi connectivity index (χ1) is 7.27. The molecule has 0 fully saturated rings. The Bertz CT molecular complexity index is 341. The molecule has 1 nitrogen and oxygen atoms in total. The van der Waals surface area contributed by atoms with Gasteiger partial charge in [-0.3, -0.25) is 0 Å². The summed E-state index contributed by atoms with van der Waals surface area (Å²) in [4.78, 5) is 0.912. The molecule has 0 heterocycles. The van der Waals surface area contributed by atoms with Gasteiger partial charge < -0.3 is 5.32 Å². The van der Waals surface area contributed by atoms with Crippen LogP contribution in [0.15, 0.2) is 36.4 Å². The second-order valence-corrected chi connectivity index (χ2v) is 3.86. The zero-order chi connectivity index (χ0) is 11.1. The van der Waals surface area contributed by atoms with Crippen molar-refractivity contribution in [1.82, 2.24) is 5.32 Å². The minimum Gasteiger partial charge on any atom is -0.350 e. The fourth-order valence-electron chi connectivity index (χ4n) is 1.37. The summed E-state index contributed by atoms with van der Waals surface area (Å²) in [7, 11) is 0. The number of rotatable bonds is 4. The zero-order valence-corrected chi connectivity index (χ0v) is 10.1. The number of nitrogens with one attached hydrogen (secondary N) is 1. The maximum absolute atomic E-state index is 5.24. The summed E-state index contributed by atoms with van der Waals surface area (Å²) in [5.41, 5.74) is 2.27. The molecule has 0 spiro atoms. The van der Waals surface area contributed by atoms with E-state index in [2.05, 4.69) is 30.4 Å². The van der Waals surface area contributed by atoms with E-state index in [1.807, 2.05) is 25.1 Å². The van der Waals surface area contributed by atoms with E-state index in [1.165, 1.54) is 5.56 Å². The highest BCUT2D eigenvalue weighted by Gasteiger charge is 2.01. The van der Waals surface area contributed by atoms with Crippen LogP contribution in [0.4, 0.5) is 0 Å². The summed E-state index contributed by atoms with van der Waals surface area (Å²) in [6.07, 6.45) is 4.08. The molecule has 15 heavy (non-hydrogen) atoms. The molecule has 1 aromatic rings. The van der Waals surface area contributed by atoms with Gasteiger partial charge in [-0.1, -0.05) is 55.5 Å². The molecule has 0 saturated heterocycles. The highest BCUT2D eigenvalue weighted by Crippen LogP contribution is 2.11. The predicted molar refractivity (Wildman–Crippen MR) is 70.7 cm³/mol. The second kappa shape index (κ2) is 6.36. The molecule has 1 aromatic carbocycles. The molecule has 0 saturated carbocycles. The van der Waals surface area contributed by atoms with Gasteiger partial charge in [0.25, 0.3) is 0 Å². The summed E-state index contributed by atoms with van der Waals surface area (Å²) in [5, 5.41) is 3.28. The summed E-state index contributed by atoms with van der Waals surface area (Å²) in [6, 6.07) is 10.2. The van der Waals surface area contributed by atoms with E-state index in [9.17, 15) is 0 Å². The van der Waals surface area contributed by atoms with Gasteiger partial charge in [0.1, 0.15) is 0 Å². The third-order valence-electron chi connectivity index (χ3n) is 2.12. The first-order valence-electron chi connectivity index (χ1n) is 5.29. The van der Waals surface area contributed by atoms with Crippen molar-refractivity contribution >= 4 is 22.9 Å². The average Bonchev–Trinajstić information content (AvgIpc) is 2.27. The average molecular weight is 219 g/mol. The van der Waals surface area contributed by atoms with Crippen molar-refractivity contribution in [2.24, 2.45) is 0 Å². The molecule has 1 N–H and O–H groups in total. The summed E-state index contributed by atoms with van der Waals surface area (Å²) >= 11 is 5.24. The molecule has 0 bridgehead atoms. The van der Waals surface area contributed by atoms with Crippen molar-refractivity contribution in [2.75, 3.05) is 0 Å². The maximum Gasteiger partial charge on any atom is 0.0797 e. The molecule has 0 aliphatic rings. The lowest BCUT2D eigenvalue weighted by Gasteiger charge is -2.11. The van der Waals surface area contributed by atoms with Gasteiger partial charge in [0.2, 0.25) is 0 Å². The van der Waals surface area contributed by atoms with Gasteiger partial charge in [-0.25, -0.2) is 0 Å². The van der Waals surface area contributed by atoms with E-state index in [-0.39, 0.29) is 0 Å². The first-order valence-corrected chi connectivity index (χ1v) is 5.70. The molecular weight excluding hydrogens is 202 g/mol. The van der Waals surface area contributed by atoms with Crippen molar-refractivity contribution < 1.29 is 0 Å². The number of hydrogen-bond donors (Lipinski definition) is 1. The molecule has 0 amide bonds. The number of allylic oxidation sites excluding steroid dienone is 1. The van der Waals surface area contributed by atoms with Crippen molar-refractivity contribution in [3.05, 3.63) is 42.0 Å². The highest BCUT2D eigenvalue weighted by atomic mass is 32.1. The molecule has 0 aromatic heterocycles. The monoisotopic (exact) mass is 219 g/mol. The van der Waals surface area contributed by atoms with E-state index in [1.54, 1.807) is 0 Å². The maximum atomic E-state index is 5.24. The lowest BCUT2D eigenvalue weighted by atomic mass is 10.1. The number of benzene rings is 1. The van der Waals surface area contributed by atoms with Crippen LogP contribution in [0.1, 0.15) is 32.3 Å². The largest absolute Gasteiger partial charge is 0.350 e. The van der Waals surface area contributed by atoms with E-state index in [4.69, 9.17) is 12.2 Å². The smallest absolute Gasteiger partial charge is 0.0797 e. The fourth-order valence-corrected chi connectivity index (χ4v) is 1.68. The predicted octanol–water partition coefficient (Wildman–Crippen LogP) is 3.76. The van der Waals surface area contributed by atoms with Crippen LogP contribution in [0.25, 0.3) is 5.70 Å². The Hall–Kier alpha value is -1.15.